The SMILES string of the molecule is CCCCCCCCCCCCCCCC(=O)O[C@@H](CO)[C@H](OC(=O)CCCCCCCCCCCCCCC)[C@@](C)(N)C(=O)N[C@H](CCC(=O)N(CC(C)O[C@H]1[C@H](O)[C@@H](CO)O[C@H](O)[C@@H]1NC(C)=O)[C@@H](C)C(=O)O)C(N)=O. The first-order chi connectivity index (χ1) is 37.2. The lowest BCUT2D eigenvalue weighted by Gasteiger charge is -2.43. The van der Waals surface area contributed by atoms with Crippen LogP contribution in [-0.4, -0.2) is 158 Å². The number of hydrogen-bond donors (Lipinski definition) is 9. The van der Waals surface area contributed by atoms with Crippen molar-refractivity contribution in [1.82, 2.24) is 15.5 Å². The van der Waals surface area contributed by atoms with E-state index in [4.69, 9.17) is 30.4 Å². The van der Waals surface area contributed by atoms with Gasteiger partial charge in [0.2, 0.25) is 23.6 Å². The van der Waals surface area contributed by atoms with Crippen molar-refractivity contribution in [3.8, 4) is 0 Å². The Labute approximate surface area is 465 Å². The number of amides is 4. The van der Waals surface area contributed by atoms with E-state index in [1.807, 2.05) is 0 Å². The molecule has 0 radical (unpaired) electrons. The number of aliphatic hydroxyl groups excluding tert-OH is 4. The van der Waals surface area contributed by atoms with Gasteiger partial charge in [-0.3, -0.25) is 28.8 Å². The first-order valence-corrected chi connectivity index (χ1v) is 29.6. The number of aliphatic hydroxyl groups is 4. The fourth-order valence-electron chi connectivity index (χ4n) is 9.75. The van der Waals surface area contributed by atoms with E-state index in [1.54, 1.807) is 0 Å². The van der Waals surface area contributed by atoms with Crippen molar-refractivity contribution in [1.29, 1.82) is 0 Å². The van der Waals surface area contributed by atoms with Crippen LogP contribution < -0.4 is 22.1 Å². The van der Waals surface area contributed by atoms with Crippen LogP contribution in [0.2, 0.25) is 0 Å². The number of nitrogens with zero attached hydrogens (tertiary/aromatic N) is 1. The first kappa shape index (κ1) is 72.0. The molecule has 1 aliphatic heterocycles. The molecule has 0 aromatic rings. The van der Waals surface area contributed by atoms with Gasteiger partial charge in [-0.05, 0) is 40.0 Å². The zero-order valence-electron chi connectivity index (χ0n) is 48.4. The highest BCUT2D eigenvalue weighted by molar-refractivity contribution is 5.92. The Hall–Kier alpha value is -3.99. The third-order valence-corrected chi connectivity index (χ3v) is 14.6. The lowest BCUT2D eigenvalue weighted by atomic mass is 9.89. The molecule has 1 saturated heterocycles. The van der Waals surface area contributed by atoms with Crippen molar-refractivity contribution in [2.75, 3.05) is 19.8 Å². The Bertz CT molecular complexity index is 1710. The van der Waals surface area contributed by atoms with Gasteiger partial charge >= 0.3 is 17.9 Å². The van der Waals surface area contributed by atoms with E-state index >= 15 is 0 Å². The Morgan fingerprint density at radius 1 is 0.679 bits per heavy atom. The van der Waals surface area contributed by atoms with Crippen molar-refractivity contribution in [2.24, 2.45) is 11.5 Å². The summed E-state index contributed by atoms with van der Waals surface area (Å²) in [6, 6.07) is -4.39. The average molecular weight is 1120 g/mol. The van der Waals surface area contributed by atoms with Gasteiger partial charge in [0.05, 0.1) is 19.3 Å². The van der Waals surface area contributed by atoms with Gasteiger partial charge in [0.15, 0.2) is 18.5 Å². The Morgan fingerprint density at radius 3 is 1.51 bits per heavy atom. The maximum Gasteiger partial charge on any atom is 0.326 e. The molecule has 1 aliphatic rings. The van der Waals surface area contributed by atoms with Crippen molar-refractivity contribution in [3.05, 3.63) is 0 Å². The predicted molar refractivity (Wildman–Crippen MR) is 295 cm³/mol. The van der Waals surface area contributed by atoms with Crippen molar-refractivity contribution >= 4 is 41.5 Å². The van der Waals surface area contributed by atoms with Crippen molar-refractivity contribution in [2.45, 2.75) is 301 Å². The van der Waals surface area contributed by atoms with Crippen LogP contribution in [0.4, 0.5) is 0 Å². The molecule has 1 fully saturated rings. The molecule has 0 aromatic carbocycles. The lowest BCUT2D eigenvalue weighted by Crippen LogP contribution is -2.66. The molecule has 4 amide bonds. The van der Waals surface area contributed by atoms with Crippen molar-refractivity contribution in [3.63, 3.8) is 0 Å². The lowest BCUT2D eigenvalue weighted by molar-refractivity contribution is -0.268. The molecule has 21 nitrogen and oxygen atoms in total. The second kappa shape index (κ2) is 41.9. The van der Waals surface area contributed by atoms with Crippen LogP contribution in [0.5, 0.6) is 0 Å². The molecule has 0 aliphatic carbocycles. The van der Waals surface area contributed by atoms with E-state index in [2.05, 4.69) is 24.5 Å². The number of ether oxygens (including phenoxy) is 4. The summed E-state index contributed by atoms with van der Waals surface area (Å²) in [4.78, 5) is 92.7. The highest BCUT2D eigenvalue weighted by Gasteiger charge is 2.49. The van der Waals surface area contributed by atoms with E-state index in [0.717, 1.165) is 69.6 Å². The van der Waals surface area contributed by atoms with E-state index in [0.29, 0.717) is 12.8 Å². The number of carbonyl (C=O) groups excluding carboxylic acids is 6. The Kier molecular flexibility index (Phi) is 38.7. The molecule has 0 bridgehead atoms. The number of rotatable bonds is 47. The van der Waals surface area contributed by atoms with Gasteiger partial charge in [-0.15, -0.1) is 0 Å². The minimum atomic E-state index is -2.27. The summed E-state index contributed by atoms with van der Waals surface area (Å²) in [5.41, 5.74) is 10.1. The minimum Gasteiger partial charge on any atom is -0.480 e. The molecular formula is C57H105N5O16. The summed E-state index contributed by atoms with van der Waals surface area (Å²) < 4.78 is 22.7. The average Bonchev–Trinajstić information content (AvgIpc) is 3.39. The monoisotopic (exact) mass is 1120 g/mol. The van der Waals surface area contributed by atoms with Crippen LogP contribution in [0.1, 0.15) is 234 Å². The zero-order chi connectivity index (χ0) is 58.5. The second-order valence-corrected chi connectivity index (χ2v) is 21.8. The molecule has 0 aromatic heterocycles. The summed E-state index contributed by atoms with van der Waals surface area (Å²) >= 11 is 0. The van der Waals surface area contributed by atoms with E-state index < -0.39 is 141 Å². The van der Waals surface area contributed by atoms with Crippen LogP contribution in [0, 0.1) is 0 Å². The molecular weight excluding hydrogens is 1010 g/mol. The molecule has 1 rings (SSSR count). The maximum absolute atomic E-state index is 14.2. The molecule has 78 heavy (non-hydrogen) atoms. The third kappa shape index (κ3) is 29.5. The molecule has 1 heterocycles. The van der Waals surface area contributed by atoms with Crippen LogP contribution >= 0.6 is 0 Å². The topological polar surface area (TPSA) is 337 Å². The van der Waals surface area contributed by atoms with E-state index in [9.17, 15) is 59.1 Å². The standard InChI is InChI=1S/C57H105N5O16/c1-7-9-11-13-15-17-19-21-23-25-27-29-31-33-47(67)76-45(39-64)52(78-48(68)34-32-30-28-26-24-22-20-18-16-14-12-10-8-2)57(6,59)56(74)61-43(53(58)70)35-36-46(66)62(41(4)54(71)72)37-40(3)75-51-49(60-42(5)65)55(73)77-44(38-63)50(51)69/h40-41,43-45,49-52,55,63-64,69,73H,7-39,59H2,1-6H3,(H2,58,70)(H,60,65)(H,61,74)(H,71,72)/t40?,41-,43+,44+,45-,49+,50+,51+,52-,55-,57+/m0/s1. The number of carboxylic acid groups (broad SMARTS) is 1. The number of unbranched alkanes of at least 4 members (excludes halogenated alkanes) is 24. The molecule has 11 N–H and O–H groups in total. The minimum absolute atomic E-state index is 0.00392. The van der Waals surface area contributed by atoms with E-state index in [-0.39, 0.29) is 12.8 Å². The number of primary amides is 1. The number of aliphatic carboxylic acids is 1. The summed E-state index contributed by atoms with van der Waals surface area (Å²) in [7, 11) is 0. The molecule has 1 unspecified atom stereocenters. The summed E-state index contributed by atoms with van der Waals surface area (Å²) in [6.45, 7) is 7.40. The number of hydrogen-bond acceptors (Lipinski definition) is 16. The number of nitrogens with one attached hydrogen (secondary N) is 2. The van der Waals surface area contributed by atoms with Gasteiger partial charge < -0.3 is 71.5 Å². The molecule has 0 spiro atoms. The van der Waals surface area contributed by atoms with Crippen LogP contribution in [0.3, 0.4) is 0 Å². The van der Waals surface area contributed by atoms with Crippen LogP contribution in [0.15, 0.2) is 0 Å². The van der Waals surface area contributed by atoms with Gasteiger partial charge in [-0.25, -0.2) is 4.79 Å². The quantitative estimate of drug-likeness (QED) is 0.0254. The number of carboxylic acids is 1. The van der Waals surface area contributed by atoms with Crippen molar-refractivity contribution < 1.29 is 78.0 Å². The Morgan fingerprint density at radius 2 is 1.12 bits per heavy atom. The number of carbonyl (C=O) groups is 7. The van der Waals surface area contributed by atoms with Crippen LogP contribution in [0.25, 0.3) is 0 Å². The van der Waals surface area contributed by atoms with Gasteiger partial charge in [0.25, 0.3) is 0 Å². The summed E-state index contributed by atoms with van der Waals surface area (Å²) in [5, 5.41) is 56.6. The largest absolute Gasteiger partial charge is 0.480 e. The third-order valence-electron chi connectivity index (χ3n) is 14.6. The molecule has 454 valence electrons. The fourth-order valence-corrected chi connectivity index (χ4v) is 9.75. The fraction of sp³-hybridized carbons (Fsp3) is 0.877. The van der Waals surface area contributed by atoms with E-state index in [1.165, 1.54) is 117 Å². The number of nitrogens with two attached hydrogens (primary N) is 2. The summed E-state index contributed by atoms with van der Waals surface area (Å²) in [6.07, 6.45) is 17.1. The Balaban J connectivity index is 3.12. The molecule has 21 heteroatoms. The summed E-state index contributed by atoms with van der Waals surface area (Å²) in [5.74, 6) is -6.49. The normalized spacial score (nSPS) is 20.1. The second-order valence-electron chi connectivity index (χ2n) is 21.8. The molecule has 11 atom stereocenters. The van der Waals surface area contributed by atoms with Crippen LogP contribution in [-0.2, 0) is 52.5 Å². The smallest absolute Gasteiger partial charge is 0.326 e. The van der Waals surface area contributed by atoms with Gasteiger partial charge in [0, 0.05) is 32.7 Å². The maximum atomic E-state index is 14.2. The predicted octanol–water partition coefficient (Wildman–Crippen LogP) is 5.88. The first-order valence-electron chi connectivity index (χ1n) is 29.6. The van der Waals surface area contributed by atoms with Gasteiger partial charge in [-0.1, -0.05) is 168 Å². The molecule has 0 saturated carbocycles. The number of esters is 2. The zero-order valence-corrected chi connectivity index (χ0v) is 48.4. The van der Waals surface area contributed by atoms with Gasteiger partial charge in [-0.2, -0.15) is 0 Å². The highest BCUT2D eigenvalue weighted by atomic mass is 16.6. The van der Waals surface area contributed by atoms with Gasteiger partial charge in [0.1, 0.15) is 42.0 Å². The highest BCUT2D eigenvalue weighted by Crippen LogP contribution is 2.26.